The first-order valence-corrected chi connectivity index (χ1v) is 8.36. The molecule has 25 heavy (non-hydrogen) atoms. The molecule has 3 aromatic heterocycles. The topological polar surface area (TPSA) is 75.1 Å². The van der Waals surface area contributed by atoms with Gasteiger partial charge in [0.05, 0.1) is 11.2 Å². The second-order valence-electron chi connectivity index (χ2n) is 6.01. The molecule has 0 saturated carbocycles. The van der Waals surface area contributed by atoms with E-state index in [1.165, 1.54) is 5.56 Å². The number of anilines is 1. The predicted octanol–water partition coefficient (Wildman–Crippen LogP) is 3.05. The van der Waals surface area contributed by atoms with Gasteiger partial charge in [0.2, 0.25) is 0 Å². The summed E-state index contributed by atoms with van der Waals surface area (Å²) in [5, 5.41) is 3.34. The zero-order chi connectivity index (χ0) is 17.4. The molecule has 0 aliphatic carbocycles. The molecule has 0 spiro atoms. The second kappa shape index (κ2) is 6.05. The fraction of sp³-hybridized carbons (Fsp3) is 0.211. The summed E-state index contributed by atoms with van der Waals surface area (Å²) in [4.78, 5) is 24.5. The van der Waals surface area contributed by atoms with Crippen LogP contribution in [-0.2, 0) is 13.0 Å². The zero-order valence-electron chi connectivity index (χ0n) is 14.2. The molecule has 0 aliphatic heterocycles. The van der Waals surface area contributed by atoms with Gasteiger partial charge in [-0.05, 0) is 24.6 Å². The first kappa shape index (κ1) is 15.4. The number of aromatic nitrogens is 4. The lowest BCUT2D eigenvalue weighted by Gasteiger charge is -2.09. The summed E-state index contributed by atoms with van der Waals surface area (Å²) in [7, 11) is 0. The Morgan fingerprint density at radius 2 is 1.92 bits per heavy atom. The van der Waals surface area contributed by atoms with Gasteiger partial charge in [0, 0.05) is 13.0 Å². The quantitative estimate of drug-likeness (QED) is 0.602. The number of pyridine rings is 1. The number of benzene rings is 1. The van der Waals surface area contributed by atoms with Gasteiger partial charge in [-0.15, -0.1) is 0 Å². The van der Waals surface area contributed by atoms with Crippen LogP contribution in [0.3, 0.4) is 0 Å². The highest BCUT2D eigenvalue weighted by molar-refractivity contribution is 5.77. The number of nitrogens with zero attached hydrogens (tertiary/aromatic N) is 3. The molecule has 6 heteroatoms. The number of rotatable bonds is 4. The van der Waals surface area contributed by atoms with Crippen LogP contribution in [0.25, 0.3) is 16.7 Å². The maximum atomic E-state index is 12.4. The highest BCUT2D eigenvalue weighted by Crippen LogP contribution is 2.18. The summed E-state index contributed by atoms with van der Waals surface area (Å²) >= 11 is 0. The minimum absolute atomic E-state index is 0.135. The van der Waals surface area contributed by atoms with Crippen LogP contribution >= 0.6 is 0 Å². The summed E-state index contributed by atoms with van der Waals surface area (Å²) in [5.74, 6) is 1.61. The van der Waals surface area contributed by atoms with Gasteiger partial charge in [-0.3, -0.25) is 9.20 Å². The average Bonchev–Trinajstić information content (AvgIpc) is 2.98. The molecule has 4 aromatic rings. The van der Waals surface area contributed by atoms with Gasteiger partial charge >= 0.3 is 0 Å². The van der Waals surface area contributed by atoms with Crippen molar-refractivity contribution in [2.45, 2.75) is 26.8 Å². The third kappa shape index (κ3) is 2.65. The molecule has 0 saturated heterocycles. The predicted molar refractivity (Wildman–Crippen MR) is 99.0 cm³/mol. The zero-order valence-corrected chi connectivity index (χ0v) is 14.2. The number of aromatic amines is 1. The van der Waals surface area contributed by atoms with Gasteiger partial charge in [0.1, 0.15) is 17.2 Å². The van der Waals surface area contributed by atoms with Crippen LogP contribution in [-0.4, -0.2) is 19.4 Å². The van der Waals surface area contributed by atoms with E-state index in [1.54, 1.807) is 0 Å². The highest BCUT2D eigenvalue weighted by atomic mass is 16.1. The lowest BCUT2D eigenvalue weighted by Crippen LogP contribution is -2.13. The molecule has 3 heterocycles. The molecule has 0 aliphatic rings. The number of hydrogen-bond donors (Lipinski definition) is 2. The Balaban J connectivity index is 1.82. The Morgan fingerprint density at radius 3 is 2.68 bits per heavy atom. The molecular weight excluding hydrogens is 314 g/mol. The first-order valence-electron chi connectivity index (χ1n) is 8.36. The summed E-state index contributed by atoms with van der Waals surface area (Å²) in [6, 6.07) is 13.9. The van der Waals surface area contributed by atoms with Gasteiger partial charge in [-0.1, -0.05) is 37.3 Å². The number of H-pyrrole nitrogens is 1. The maximum absolute atomic E-state index is 12.4. The van der Waals surface area contributed by atoms with Crippen LogP contribution in [0.4, 0.5) is 5.82 Å². The second-order valence-corrected chi connectivity index (χ2v) is 6.01. The van der Waals surface area contributed by atoms with Crippen molar-refractivity contribution in [2.24, 2.45) is 0 Å². The van der Waals surface area contributed by atoms with E-state index in [2.05, 4.69) is 27.4 Å². The van der Waals surface area contributed by atoms with Crippen molar-refractivity contribution in [3.8, 4) is 0 Å². The molecule has 0 radical (unpaired) electrons. The first-order chi connectivity index (χ1) is 12.2. The molecule has 0 fully saturated rings. The molecule has 6 nitrogen and oxygen atoms in total. The number of nitrogens with one attached hydrogen (secondary N) is 2. The van der Waals surface area contributed by atoms with Crippen LogP contribution in [0.2, 0.25) is 0 Å². The standard InChI is InChI=1S/C19H19N5O/c1-3-16-21-12(2)17-19(25)22-14-9-10-15(23-18(14)24(16)17)20-11-13-7-5-4-6-8-13/h4-10H,3,11H2,1-2H3,(H,20,23)(H,22,25). The monoisotopic (exact) mass is 333 g/mol. The molecular formula is C19H19N5O. The van der Waals surface area contributed by atoms with Crippen LogP contribution in [0.1, 0.15) is 24.0 Å². The Bertz CT molecular complexity index is 1110. The summed E-state index contributed by atoms with van der Waals surface area (Å²) < 4.78 is 1.87. The molecule has 0 unspecified atom stereocenters. The minimum Gasteiger partial charge on any atom is -0.366 e. The van der Waals surface area contributed by atoms with Gasteiger partial charge in [0.15, 0.2) is 5.65 Å². The van der Waals surface area contributed by atoms with E-state index in [0.29, 0.717) is 23.2 Å². The average molecular weight is 333 g/mol. The normalized spacial score (nSPS) is 11.3. The minimum atomic E-state index is -0.135. The van der Waals surface area contributed by atoms with Crippen LogP contribution < -0.4 is 10.9 Å². The van der Waals surface area contributed by atoms with Crippen molar-refractivity contribution >= 4 is 22.5 Å². The van der Waals surface area contributed by atoms with E-state index in [4.69, 9.17) is 4.98 Å². The molecule has 0 bridgehead atoms. The maximum Gasteiger partial charge on any atom is 0.274 e. The fourth-order valence-corrected chi connectivity index (χ4v) is 3.10. The highest BCUT2D eigenvalue weighted by Gasteiger charge is 2.14. The fourth-order valence-electron chi connectivity index (χ4n) is 3.10. The van der Waals surface area contributed by atoms with Crippen molar-refractivity contribution in [1.82, 2.24) is 19.4 Å². The third-order valence-electron chi connectivity index (χ3n) is 4.30. The van der Waals surface area contributed by atoms with E-state index in [0.717, 1.165) is 23.8 Å². The molecule has 2 N–H and O–H groups in total. The van der Waals surface area contributed by atoms with Crippen molar-refractivity contribution in [2.75, 3.05) is 5.32 Å². The number of imidazole rings is 1. The number of fused-ring (bicyclic) bond motifs is 3. The number of aryl methyl sites for hydroxylation is 2. The van der Waals surface area contributed by atoms with Gasteiger partial charge in [-0.25, -0.2) is 9.97 Å². The van der Waals surface area contributed by atoms with E-state index in [1.807, 2.05) is 48.6 Å². The molecule has 4 rings (SSSR count). The Kier molecular flexibility index (Phi) is 3.72. The Hall–Kier alpha value is -3.15. The van der Waals surface area contributed by atoms with E-state index in [9.17, 15) is 4.79 Å². The Labute approximate surface area is 144 Å². The van der Waals surface area contributed by atoms with Crippen LogP contribution in [0, 0.1) is 6.92 Å². The van der Waals surface area contributed by atoms with Crippen molar-refractivity contribution in [3.05, 3.63) is 69.9 Å². The molecule has 126 valence electrons. The molecule has 0 atom stereocenters. The SMILES string of the molecule is CCc1nc(C)c2c(=O)[nH]c3ccc(NCc4ccccc4)nc3n12. The lowest BCUT2D eigenvalue weighted by atomic mass is 10.2. The molecule has 0 amide bonds. The number of hydrogen-bond acceptors (Lipinski definition) is 4. The summed E-state index contributed by atoms with van der Waals surface area (Å²) in [6.45, 7) is 4.57. The molecule has 1 aromatic carbocycles. The van der Waals surface area contributed by atoms with Crippen LogP contribution in [0.15, 0.2) is 47.3 Å². The van der Waals surface area contributed by atoms with E-state index >= 15 is 0 Å². The largest absolute Gasteiger partial charge is 0.366 e. The van der Waals surface area contributed by atoms with Gasteiger partial charge < -0.3 is 10.3 Å². The smallest absolute Gasteiger partial charge is 0.274 e. The van der Waals surface area contributed by atoms with Gasteiger partial charge in [0.25, 0.3) is 5.56 Å². The lowest BCUT2D eigenvalue weighted by molar-refractivity contribution is 0.933. The van der Waals surface area contributed by atoms with Crippen LogP contribution in [0.5, 0.6) is 0 Å². The van der Waals surface area contributed by atoms with Crippen molar-refractivity contribution < 1.29 is 0 Å². The van der Waals surface area contributed by atoms with Crippen molar-refractivity contribution in [1.29, 1.82) is 0 Å². The van der Waals surface area contributed by atoms with Gasteiger partial charge in [-0.2, -0.15) is 0 Å². The van der Waals surface area contributed by atoms with E-state index in [-0.39, 0.29) is 5.56 Å². The van der Waals surface area contributed by atoms with Crippen molar-refractivity contribution in [3.63, 3.8) is 0 Å². The van der Waals surface area contributed by atoms with E-state index < -0.39 is 0 Å². The summed E-state index contributed by atoms with van der Waals surface area (Å²) in [6.07, 6.45) is 0.733. The Morgan fingerprint density at radius 1 is 1.12 bits per heavy atom. The summed E-state index contributed by atoms with van der Waals surface area (Å²) in [5.41, 5.74) is 3.76. The third-order valence-corrected chi connectivity index (χ3v) is 4.30.